The topological polar surface area (TPSA) is 63.1 Å². The largest absolute Gasteiger partial charge is 0.334 e. The van der Waals surface area contributed by atoms with E-state index in [9.17, 15) is 4.79 Å². The zero-order valence-corrected chi connectivity index (χ0v) is 15.1. The molecule has 26 heavy (non-hydrogen) atoms. The predicted molar refractivity (Wildman–Crippen MR) is 103 cm³/mol. The molecule has 0 spiro atoms. The van der Waals surface area contributed by atoms with E-state index in [2.05, 4.69) is 39.2 Å². The summed E-state index contributed by atoms with van der Waals surface area (Å²) >= 11 is 0. The molecule has 1 aliphatic heterocycles. The number of anilines is 1. The van der Waals surface area contributed by atoms with Crippen LogP contribution in [-0.2, 0) is 11.8 Å². The molecule has 6 heteroatoms. The van der Waals surface area contributed by atoms with Gasteiger partial charge in [0.25, 0.3) is 0 Å². The fraction of sp³-hybridized carbons (Fsp3) is 0.350. The molecule has 6 nitrogen and oxygen atoms in total. The lowest BCUT2D eigenvalue weighted by Gasteiger charge is -2.19. The molecule has 1 atom stereocenters. The van der Waals surface area contributed by atoms with Gasteiger partial charge < -0.3 is 9.88 Å². The van der Waals surface area contributed by atoms with Gasteiger partial charge in [0.1, 0.15) is 5.82 Å². The van der Waals surface area contributed by atoms with Crippen LogP contribution in [0.1, 0.15) is 19.8 Å². The second-order valence-electron chi connectivity index (χ2n) is 7.03. The number of imidazole rings is 1. The molecule has 0 bridgehead atoms. The van der Waals surface area contributed by atoms with Gasteiger partial charge in [-0.15, -0.1) is 0 Å². The third-order valence-corrected chi connectivity index (χ3v) is 5.14. The number of likely N-dealkylation sites (tertiary alicyclic amines) is 1. The van der Waals surface area contributed by atoms with E-state index in [1.807, 2.05) is 29.9 Å². The number of rotatable bonds is 4. The van der Waals surface area contributed by atoms with Gasteiger partial charge in [-0.25, -0.2) is 9.97 Å². The van der Waals surface area contributed by atoms with Crippen molar-refractivity contribution in [3.05, 3.63) is 43.0 Å². The molecule has 0 unspecified atom stereocenters. The van der Waals surface area contributed by atoms with Crippen molar-refractivity contribution in [3.63, 3.8) is 0 Å². The van der Waals surface area contributed by atoms with Crippen molar-refractivity contribution in [3.8, 4) is 11.3 Å². The van der Waals surface area contributed by atoms with E-state index < -0.39 is 0 Å². The zero-order valence-electron chi connectivity index (χ0n) is 15.1. The highest BCUT2D eigenvalue weighted by Crippen LogP contribution is 2.25. The first-order valence-electron chi connectivity index (χ1n) is 9.00. The quantitative estimate of drug-likeness (QED) is 0.786. The van der Waals surface area contributed by atoms with Crippen LogP contribution >= 0.6 is 0 Å². The van der Waals surface area contributed by atoms with Crippen molar-refractivity contribution in [2.24, 2.45) is 7.05 Å². The fourth-order valence-corrected chi connectivity index (χ4v) is 3.60. The number of nitrogens with zero attached hydrogens (tertiary/aromatic N) is 4. The summed E-state index contributed by atoms with van der Waals surface area (Å²) in [7, 11) is 1.98. The molecular weight excluding hydrogens is 326 g/mol. The van der Waals surface area contributed by atoms with Gasteiger partial charge in [0, 0.05) is 30.2 Å². The lowest BCUT2D eigenvalue weighted by Crippen LogP contribution is -2.35. The van der Waals surface area contributed by atoms with Crippen LogP contribution in [0.4, 0.5) is 5.82 Å². The Bertz CT molecular complexity index is 948. The maximum Gasteiger partial charge on any atom is 0.239 e. The normalized spacial score (nSPS) is 17.7. The lowest BCUT2D eigenvalue weighted by atomic mass is 10.1. The van der Waals surface area contributed by atoms with Crippen LogP contribution in [0.2, 0.25) is 0 Å². The van der Waals surface area contributed by atoms with Gasteiger partial charge in [-0.2, -0.15) is 0 Å². The maximum atomic E-state index is 12.3. The maximum absolute atomic E-state index is 12.3. The van der Waals surface area contributed by atoms with E-state index >= 15 is 0 Å². The molecule has 1 N–H and O–H groups in total. The van der Waals surface area contributed by atoms with Crippen molar-refractivity contribution in [1.82, 2.24) is 19.4 Å². The van der Waals surface area contributed by atoms with Gasteiger partial charge in [-0.05, 0) is 43.8 Å². The number of amides is 1. The zero-order chi connectivity index (χ0) is 18.1. The van der Waals surface area contributed by atoms with Crippen LogP contribution in [0, 0.1) is 0 Å². The van der Waals surface area contributed by atoms with E-state index in [1.165, 1.54) is 6.42 Å². The Balaban J connectivity index is 1.54. The molecule has 3 aromatic rings. The average molecular weight is 349 g/mol. The fourth-order valence-electron chi connectivity index (χ4n) is 3.60. The number of carbonyl (C=O) groups is 1. The van der Waals surface area contributed by atoms with Crippen LogP contribution in [0.25, 0.3) is 22.0 Å². The van der Waals surface area contributed by atoms with Gasteiger partial charge in [-0.3, -0.25) is 9.69 Å². The van der Waals surface area contributed by atoms with Crippen molar-refractivity contribution in [1.29, 1.82) is 0 Å². The minimum atomic E-state index is -0.00612. The Kier molecular flexibility index (Phi) is 4.42. The predicted octanol–water partition coefficient (Wildman–Crippen LogP) is 3.06. The van der Waals surface area contributed by atoms with Crippen LogP contribution < -0.4 is 5.32 Å². The van der Waals surface area contributed by atoms with Crippen LogP contribution in [-0.4, -0.2) is 44.5 Å². The number of nitrogens with one attached hydrogen (secondary N) is 1. The van der Waals surface area contributed by atoms with Crippen molar-refractivity contribution in [2.45, 2.75) is 25.8 Å². The van der Waals surface area contributed by atoms with Crippen LogP contribution in [0.3, 0.4) is 0 Å². The summed E-state index contributed by atoms with van der Waals surface area (Å²) in [5, 5.41) is 5.03. The summed E-state index contributed by atoms with van der Waals surface area (Å²) in [4.78, 5) is 23.1. The summed E-state index contributed by atoms with van der Waals surface area (Å²) in [6.07, 6.45) is 7.77. The second kappa shape index (κ2) is 6.88. The van der Waals surface area contributed by atoms with Crippen LogP contribution in [0.15, 0.2) is 43.0 Å². The van der Waals surface area contributed by atoms with E-state index in [0.29, 0.717) is 18.4 Å². The summed E-state index contributed by atoms with van der Waals surface area (Å²) < 4.78 is 1.99. The second-order valence-corrected chi connectivity index (χ2v) is 7.03. The molecule has 134 valence electrons. The molecule has 4 rings (SSSR count). The Labute approximate surface area is 152 Å². The minimum absolute atomic E-state index is 0.00612. The number of fused-ring (bicyclic) bond motifs is 1. The van der Waals surface area contributed by atoms with E-state index in [0.717, 1.165) is 35.0 Å². The molecule has 1 fully saturated rings. The Hall–Kier alpha value is -2.73. The first kappa shape index (κ1) is 16.7. The molecule has 1 saturated heterocycles. The highest BCUT2D eigenvalue weighted by Gasteiger charge is 2.22. The van der Waals surface area contributed by atoms with Crippen LogP contribution in [0.5, 0.6) is 0 Å². The number of carbonyl (C=O) groups excluding carboxylic acids is 1. The SMILES string of the molecule is C[C@H]1CCCN1CC(=O)Nc1cc2cc(-c3cncn3C)ccc2cn1. The lowest BCUT2D eigenvalue weighted by molar-refractivity contribution is -0.117. The van der Waals surface area contributed by atoms with Gasteiger partial charge in [-0.1, -0.05) is 12.1 Å². The molecule has 0 radical (unpaired) electrons. The number of pyridine rings is 1. The van der Waals surface area contributed by atoms with E-state index in [-0.39, 0.29) is 5.91 Å². The minimum Gasteiger partial charge on any atom is -0.334 e. The summed E-state index contributed by atoms with van der Waals surface area (Å²) in [5.41, 5.74) is 2.14. The first-order valence-corrected chi connectivity index (χ1v) is 9.00. The van der Waals surface area contributed by atoms with Gasteiger partial charge in [0.05, 0.1) is 24.8 Å². The monoisotopic (exact) mass is 349 g/mol. The number of benzene rings is 1. The van der Waals surface area contributed by atoms with Gasteiger partial charge >= 0.3 is 0 Å². The number of aryl methyl sites for hydroxylation is 1. The Morgan fingerprint density at radius 2 is 2.15 bits per heavy atom. The molecular formula is C20H23N5O. The number of aromatic nitrogens is 3. The van der Waals surface area contributed by atoms with Crippen molar-refractivity contribution < 1.29 is 4.79 Å². The molecule has 0 saturated carbocycles. The third kappa shape index (κ3) is 3.32. The molecule has 3 heterocycles. The van der Waals surface area contributed by atoms with Crippen molar-refractivity contribution in [2.75, 3.05) is 18.4 Å². The first-order chi connectivity index (χ1) is 12.6. The van der Waals surface area contributed by atoms with E-state index in [1.54, 1.807) is 12.5 Å². The summed E-state index contributed by atoms with van der Waals surface area (Å²) in [6.45, 7) is 3.60. The average Bonchev–Trinajstić information content (AvgIpc) is 3.23. The van der Waals surface area contributed by atoms with Gasteiger partial charge in [0.2, 0.25) is 5.91 Å². The summed E-state index contributed by atoms with van der Waals surface area (Å²) in [5.74, 6) is 0.588. The molecule has 2 aromatic heterocycles. The van der Waals surface area contributed by atoms with E-state index in [4.69, 9.17) is 0 Å². The van der Waals surface area contributed by atoms with Crippen molar-refractivity contribution >= 4 is 22.5 Å². The number of hydrogen-bond donors (Lipinski definition) is 1. The number of hydrogen-bond acceptors (Lipinski definition) is 4. The molecule has 0 aliphatic carbocycles. The highest BCUT2D eigenvalue weighted by atomic mass is 16.2. The third-order valence-electron chi connectivity index (χ3n) is 5.14. The Morgan fingerprint density at radius 1 is 1.27 bits per heavy atom. The molecule has 1 aliphatic rings. The molecule has 1 amide bonds. The smallest absolute Gasteiger partial charge is 0.239 e. The Morgan fingerprint density at radius 3 is 2.88 bits per heavy atom. The van der Waals surface area contributed by atoms with Gasteiger partial charge in [0.15, 0.2) is 0 Å². The summed E-state index contributed by atoms with van der Waals surface area (Å²) in [6, 6.07) is 8.62. The molecule has 1 aromatic carbocycles. The highest BCUT2D eigenvalue weighted by molar-refractivity contribution is 5.94. The standard InChI is InChI=1S/C20H23N5O/c1-14-4-3-7-25(14)12-20(26)23-19-9-17-8-15(5-6-16(17)10-22-19)18-11-21-13-24(18)2/h5-6,8-11,13-14H,3-4,7,12H2,1-2H3,(H,22,23,26)/t14-/m0/s1.